The van der Waals surface area contributed by atoms with E-state index in [-0.39, 0.29) is 11.8 Å². The third kappa shape index (κ3) is 4.34. The van der Waals surface area contributed by atoms with Gasteiger partial charge >= 0.3 is 0 Å². The molecule has 1 unspecified atom stereocenters. The van der Waals surface area contributed by atoms with E-state index in [9.17, 15) is 14.0 Å². The lowest BCUT2D eigenvalue weighted by molar-refractivity contribution is -0.126. The van der Waals surface area contributed by atoms with Gasteiger partial charge in [0.2, 0.25) is 5.91 Å². The van der Waals surface area contributed by atoms with Crippen molar-refractivity contribution in [1.29, 1.82) is 0 Å². The standard InChI is InChI=1S/C22H29FN4O2/c1-5-27(6-2)10-9-24-21(29)22(4)13-14(3)19(26-22)12-17-16-11-15(23)7-8-18(16)25-20(17)28/h7-8,11-12,26H,5-6,9-10,13H2,1-4H3,(H,24,29)(H,25,28)/b17-12-. The van der Waals surface area contributed by atoms with Crippen LogP contribution in [0.4, 0.5) is 10.1 Å². The van der Waals surface area contributed by atoms with E-state index in [0.717, 1.165) is 30.9 Å². The molecule has 1 atom stereocenters. The first kappa shape index (κ1) is 21.0. The van der Waals surface area contributed by atoms with Crippen molar-refractivity contribution in [3.63, 3.8) is 0 Å². The van der Waals surface area contributed by atoms with Crippen LogP contribution in [0, 0.1) is 5.82 Å². The van der Waals surface area contributed by atoms with E-state index >= 15 is 0 Å². The summed E-state index contributed by atoms with van der Waals surface area (Å²) in [5.41, 5.74) is 2.46. The maximum absolute atomic E-state index is 13.7. The third-order valence-electron chi connectivity index (χ3n) is 5.65. The zero-order chi connectivity index (χ0) is 21.2. The van der Waals surface area contributed by atoms with Gasteiger partial charge in [-0.25, -0.2) is 4.39 Å². The van der Waals surface area contributed by atoms with Crippen molar-refractivity contribution in [2.45, 2.75) is 39.7 Å². The van der Waals surface area contributed by atoms with Crippen LogP contribution in [0.2, 0.25) is 0 Å². The minimum atomic E-state index is -0.778. The number of hydrogen-bond acceptors (Lipinski definition) is 4. The minimum absolute atomic E-state index is 0.0697. The molecule has 0 fully saturated rings. The van der Waals surface area contributed by atoms with Gasteiger partial charge in [0.05, 0.1) is 5.57 Å². The number of carbonyl (C=O) groups excluding carboxylic acids is 2. The monoisotopic (exact) mass is 400 g/mol. The lowest BCUT2D eigenvalue weighted by atomic mass is 9.96. The molecule has 3 N–H and O–H groups in total. The molecule has 29 heavy (non-hydrogen) atoms. The molecule has 2 amide bonds. The summed E-state index contributed by atoms with van der Waals surface area (Å²) in [7, 11) is 0. The summed E-state index contributed by atoms with van der Waals surface area (Å²) < 4.78 is 13.7. The van der Waals surface area contributed by atoms with Crippen LogP contribution in [0.1, 0.15) is 39.7 Å². The molecule has 0 bridgehead atoms. The van der Waals surface area contributed by atoms with Gasteiger partial charge in [0.1, 0.15) is 11.4 Å². The fourth-order valence-electron chi connectivity index (χ4n) is 3.88. The number of rotatable bonds is 7. The van der Waals surface area contributed by atoms with Gasteiger partial charge in [0.25, 0.3) is 5.91 Å². The van der Waals surface area contributed by atoms with Crippen LogP contribution >= 0.6 is 0 Å². The van der Waals surface area contributed by atoms with Crippen LogP contribution in [0.5, 0.6) is 0 Å². The molecule has 6 nitrogen and oxygen atoms in total. The van der Waals surface area contributed by atoms with Gasteiger partial charge in [-0.3, -0.25) is 9.59 Å². The van der Waals surface area contributed by atoms with E-state index < -0.39 is 11.4 Å². The number of halogens is 1. The van der Waals surface area contributed by atoms with Crippen molar-refractivity contribution in [1.82, 2.24) is 15.5 Å². The largest absolute Gasteiger partial charge is 0.371 e. The second-order valence-corrected chi connectivity index (χ2v) is 7.81. The van der Waals surface area contributed by atoms with Gasteiger partial charge in [0, 0.05) is 36.5 Å². The highest BCUT2D eigenvalue weighted by Crippen LogP contribution is 2.35. The number of benzene rings is 1. The Bertz CT molecular complexity index is 889. The van der Waals surface area contributed by atoms with Gasteiger partial charge in [-0.15, -0.1) is 0 Å². The lowest BCUT2D eigenvalue weighted by Crippen LogP contribution is -2.52. The van der Waals surface area contributed by atoms with Crippen LogP contribution in [0.3, 0.4) is 0 Å². The van der Waals surface area contributed by atoms with Crippen LogP contribution in [0.15, 0.2) is 35.5 Å². The number of likely N-dealkylation sites (N-methyl/N-ethyl adjacent to an activating group) is 1. The molecule has 1 aromatic carbocycles. The zero-order valence-corrected chi connectivity index (χ0v) is 17.5. The van der Waals surface area contributed by atoms with Crippen LogP contribution in [0.25, 0.3) is 5.57 Å². The van der Waals surface area contributed by atoms with Crippen molar-refractivity contribution in [3.05, 3.63) is 46.9 Å². The molecule has 0 aliphatic carbocycles. The summed E-state index contributed by atoms with van der Waals surface area (Å²) in [5, 5.41) is 9.04. The van der Waals surface area contributed by atoms with E-state index in [4.69, 9.17) is 0 Å². The van der Waals surface area contributed by atoms with E-state index in [2.05, 4.69) is 34.7 Å². The molecule has 0 saturated carbocycles. The normalized spacial score (nSPS) is 22.1. The smallest absolute Gasteiger partial charge is 0.256 e. The molecule has 2 heterocycles. The summed E-state index contributed by atoms with van der Waals surface area (Å²) in [4.78, 5) is 27.4. The SMILES string of the molecule is CCN(CC)CCNC(=O)C1(C)CC(C)=C(/C=C2\C(=O)Nc3ccc(F)cc32)N1. The minimum Gasteiger partial charge on any atom is -0.371 e. The fraction of sp³-hybridized carbons (Fsp3) is 0.455. The van der Waals surface area contributed by atoms with E-state index in [1.807, 2.05) is 13.8 Å². The maximum atomic E-state index is 13.7. The highest BCUT2D eigenvalue weighted by molar-refractivity contribution is 6.31. The molecular formula is C22H29FN4O2. The molecule has 156 valence electrons. The first-order chi connectivity index (χ1) is 13.8. The van der Waals surface area contributed by atoms with Crippen molar-refractivity contribution in [3.8, 4) is 0 Å². The molecule has 1 aromatic rings. The number of anilines is 1. The molecule has 2 aliphatic heterocycles. The molecule has 0 radical (unpaired) electrons. The molecule has 3 rings (SSSR count). The second-order valence-electron chi connectivity index (χ2n) is 7.81. The number of fused-ring (bicyclic) bond motifs is 1. The van der Waals surface area contributed by atoms with Gasteiger partial charge < -0.3 is 20.9 Å². The number of hydrogen-bond donors (Lipinski definition) is 3. The van der Waals surface area contributed by atoms with E-state index in [1.165, 1.54) is 12.1 Å². The Morgan fingerprint density at radius 1 is 1.34 bits per heavy atom. The van der Waals surface area contributed by atoms with Crippen LogP contribution in [-0.4, -0.2) is 48.4 Å². The first-order valence-electron chi connectivity index (χ1n) is 10.1. The van der Waals surface area contributed by atoms with Gasteiger partial charge in [0.15, 0.2) is 0 Å². The Morgan fingerprint density at radius 2 is 2.07 bits per heavy atom. The predicted octanol–water partition coefficient (Wildman–Crippen LogP) is 2.65. The van der Waals surface area contributed by atoms with Crippen molar-refractivity contribution in [2.75, 3.05) is 31.5 Å². The quantitative estimate of drug-likeness (QED) is 0.616. The first-order valence-corrected chi connectivity index (χ1v) is 10.1. The van der Waals surface area contributed by atoms with Crippen LogP contribution < -0.4 is 16.0 Å². The number of nitrogens with zero attached hydrogens (tertiary/aromatic N) is 1. The molecule has 2 aliphatic rings. The molecule has 0 saturated heterocycles. The molecule has 7 heteroatoms. The Hall–Kier alpha value is -2.67. The Kier molecular flexibility index (Phi) is 6.07. The van der Waals surface area contributed by atoms with Crippen molar-refractivity contribution in [2.24, 2.45) is 0 Å². The average molecular weight is 400 g/mol. The lowest BCUT2D eigenvalue weighted by Gasteiger charge is -2.26. The highest BCUT2D eigenvalue weighted by atomic mass is 19.1. The van der Waals surface area contributed by atoms with Crippen molar-refractivity contribution < 1.29 is 14.0 Å². The Labute approximate surface area is 171 Å². The Balaban J connectivity index is 1.71. The predicted molar refractivity (Wildman–Crippen MR) is 113 cm³/mol. The fourth-order valence-corrected chi connectivity index (χ4v) is 3.88. The van der Waals surface area contributed by atoms with Gasteiger partial charge in [-0.2, -0.15) is 0 Å². The van der Waals surface area contributed by atoms with Gasteiger partial charge in [-0.05, 0) is 56.8 Å². The molecule has 0 aromatic heterocycles. The third-order valence-corrected chi connectivity index (χ3v) is 5.65. The number of amides is 2. The van der Waals surface area contributed by atoms with Crippen LogP contribution in [-0.2, 0) is 9.59 Å². The summed E-state index contributed by atoms with van der Waals surface area (Å²) >= 11 is 0. The number of allylic oxidation sites excluding steroid dienone is 1. The zero-order valence-electron chi connectivity index (χ0n) is 17.5. The topological polar surface area (TPSA) is 73.5 Å². The number of nitrogens with one attached hydrogen (secondary N) is 3. The summed E-state index contributed by atoms with van der Waals surface area (Å²) in [5.74, 6) is -0.738. The summed E-state index contributed by atoms with van der Waals surface area (Å²) in [6.07, 6.45) is 2.26. The summed E-state index contributed by atoms with van der Waals surface area (Å²) in [6.45, 7) is 11.3. The molecule has 0 spiro atoms. The Morgan fingerprint density at radius 3 is 2.76 bits per heavy atom. The summed E-state index contributed by atoms with van der Waals surface area (Å²) in [6, 6.07) is 4.23. The van der Waals surface area contributed by atoms with E-state index in [0.29, 0.717) is 29.8 Å². The van der Waals surface area contributed by atoms with E-state index in [1.54, 1.807) is 12.1 Å². The second kappa shape index (κ2) is 8.37. The van der Waals surface area contributed by atoms with Gasteiger partial charge in [-0.1, -0.05) is 13.8 Å². The molecular weight excluding hydrogens is 371 g/mol. The number of carbonyl (C=O) groups is 2. The maximum Gasteiger partial charge on any atom is 0.256 e. The average Bonchev–Trinajstić information content (AvgIpc) is 3.15. The highest BCUT2D eigenvalue weighted by Gasteiger charge is 2.39. The van der Waals surface area contributed by atoms with Crippen molar-refractivity contribution >= 4 is 23.1 Å².